The number of ether oxygens (including phenoxy) is 1. The Hall–Kier alpha value is -2.73. The minimum atomic E-state index is -0.256. The molecule has 0 amide bonds. The summed E-state index contributed by atoms with van der Waals surface area (Å²) < 4.78 is 20.1. The lowest BCUT2D eigenvalue weighted by Crippen LogP contribution is -2.17. The normalized spacial score (nSPS) is 17.8. The highest BCUT2D eigenvalue weighted by molar-refractivity contribution is 5.73. The maximum Gasteiger partial charge on any atom is 0.159 e. The summed E-state index contributed by atoms with van der Waals surface area (Å²) >= 11 is 0. The summed E-state index contributed by atoms with van der Waals surface area (Å²) in [5.74, 6) is 1.15. The maximum atomic E-state index is 14.6. The number of aryl methyl sites for hydroxylation is 1. The highest BCUT2D eigenvalue weighted by Crippen LogP contribution is 2.42. The number of hydrogen-bond acceptors (Lipinski definition) is 5. The number of benzene rings is 1. The summed E-state index contributed by atoms with van der Waals surface area (Å²) in [7, 11) is 1.75. The maximum absolute atomic E-state index is 14.6. The minimum absolute atomic E-state index is 0.0156. The van der Waals surface area contributed by atoms with E-state index in [1.807, 2.05) is 25.1 Å². The lowest BCUT2D eigenvalue weighted by molar-refractivity contribution is 0.0759. The fourth-order valence-corrected chi connectivity index (χ4v) is 3.84. The number of rotatable bonds is 10. The van der Waals surface area contributed by atoms with Gasteiger partial charge in [-0.2, -0.15) is 0 Å². The van der Waals surface area contributed by atoms with Gasteiger partial charge in [-0.3, -0.25) is 0 Å². The molecule has 6 heteroatoms. The topological polar surface area (TPSA) is 73.1 Å². The van der Waals surface area contributed by atoms with Crippen LogP contribution in [0.3, 0.4) is 0 Å². The van der Waals surface area contributed by atoms with E-state index in [9.17, 15) is 4.39 Å². The molecule has 31 heavy (non-hydrogen) atoms. The number of allylic oxidation sites excluding steroid dienone is 3. The molecule has 2 saturated carbocycles. The summed E-state index contributed by atoms with van der Waals surface area (Å²) in [4.78, 5) is 9.23. The highest BCUT2D eigenvalue weighted by Gasteiger charge is 2.42. The van der Waals surface area contributed by atoms with E-state index in [0.717, 1.165) is 54.0 Å². The first-order chi connectivity index (χ1) is 15.0. The van der Waals surface area contributed by atoms with Crippen molar-refractivity contribution in [3.8, 4) is 11.3 Å². The molecule has 0 aliphatic heterocycles. The van der Waals surface area contributed by atoms with Gasteiger partial charge in [-0.25, -0.2) is 14.4 Å². The van der Waals surface area contributed by atoms with E-state index in [4.69, 9.17) is 15.5 Å². The van der Waals surface area contributed by atoms with E-state index >= 15 is 0 Å². The lowest BCUT2D eigenvalue weighted by Gasteiger charge is -2.16. The molecule has 1 heterocycles. The lowest BCUT2D eigenvalue weighted by atomic mass is 10.0. The molecule has 0 bridgehead atoms. The number of nitrogens with one attached hydrogen (secondary N) is 1. The molecule has 2 aliphatic rings. The Morgan fingerprint density at radius 1 is 1.35 bits per heavy atom. The molecule has 1 aromatic heterocycles. The molecule has 164 valence electrons. The van der Waals surface area contributed by atoms with Gasteiger partial charge in [0.25, 0.3) is 0 Å². The molecular formula is C25H31FN4O. The van der Waals surface area contributed by atoms with Gasteiger partial charge in [0.2, 0.25) is 0 Å². The molecular weight excluding hydrogens is 391 g/mol. The van der Waals surface area contributed by atoms with Crippen LogP contribution < -0.4 is 11.1 Å². The minimum Gasteiger partial charge on any atom is -0.405 e. The third-order valence-electron chi connectivity index (χ3n) is 6.28. The summed E-state index contributed by atoms with van der Waals surface area (Å²) in [6.07, 6.45) is 13.9. The van der Waals surface area contributed by atoms with Crippen molar-refractivity contribution in [2.45, 2.75) is 51.0 Å². The van der Waals surface area contributed by atoms with Crippen LogP contribution in [0.1, 0.15) is 49.9 Å². The molecule has 4 rings (SSSR count). The van der Waals surface area contributed by atoms with Crippen LogP contribution in [0.25, 0.3) is 16.8 Å². The predicted octanol–water partition coefficient (Wildman–Crippen LogP) is 5.23. The van der Waals surface area contributed by atoms with Crippen molar-refractivity contribution in [1.82, 2.24) is 9.97 Å². The van der Waals surface area contributed by atoms with Gasteiger partial charge in [-0.1, -0.05) is 6.08 Å². The fraction of sp³-hybridized carbons (Fsp3) is 0.440. The SMILES string of the molecule is COC1(CCNc2cc(-c3ccnc(C(/C=C\N)=C/CC4CC4)n3)c(C)cc2F)CC1. The van der Waals surface area contributed by atoms with Gasteiger partial charge in [-0.15, -0.1) is 0 Å². The zero-order valence-electron chi connectivity index (χ0n) is 18.3. The summed E-state index contributed by atoms with van der Waals surface area (Å²) in [6, 6.07) is 5.27. The van der Waals surface area contributed by atoms with Crippen LogP contribution in [-0.2, 0) is 4.74 Å². The van der Waals surface area contributed by atoms with Crippen molar-refractivity contribution in [2.75, 3.05) is 19.0 Å². The summed E-state index contributed by atoms with van der Waals surface area (Å²) in [5.41, 5.74) is 9.53. The van der Waals surface area contributed by atoms with Gasteiger partial charge in [0.1, 0.15) is 5.82 Å². The molecule has 0 saturated heterocycles. The van der Waals surface area contributed by atoms with Crippen LogP contribution in [0.5, 0.6) is 0 Å². The van der Waals surface area contributed by atoms with Crippen molar-refractivity contribution >= 4 is 11.3 Å². The van der Waals surface area contributed by atoms with Crippen LogP contribution >= 0.6 is 0 Å². The van der Waals surface area contributed by atoms with Crippen LogP contribution in [-0.4, -0.2) is 29.2 Å². The Kier molecular flexibility index (Phi) is 6.37. The molecule has 2 aromatic rings. The Labute approximate surface area is 183 Å². The molecule has 0 unspecified atom stereocenters. The Bertz CT molecular complexity index is 993. The first-order valence-electron chi connectivity index (χ1n) is 11.0. The fourth-order valence-electron chi connectivity index (χ4n) is 3.84. The van der Waals surface area contributed by atoms with E-state index in [0.29, 0.717) is 18.1 Å². The predicted molar refractivity (Wildman–Crippen MR) is 123 cm³/mol. The van der Waals surface area contributed by atoms with E-state index in [1.54, 1.807) is 19.4 Å². The van der Waals surface area contributed by atoms with Crippen LogP contribution in [0.15, 0.2) is 42.7 Å². The van der Waals surface area contributed by atoms with Gasteiger partial charge in [0.05, 0.1) is 17.0 Å². The average molecular weight is 423 g/mol. The van der Waals surface area contributed by atoms with Crippen molar-refractivity contribution in [3.63, 3.8) is 0 Å². The van der Waals surface area contributed by atoms with Gasteiger partial charge < -0.3 is 15.8 Å². The van der Waals surface area contributed by atoms with Gasteiger partial charge in [-0.05, 0) is 87.4 Å². The zero-order chi connectivity index (χ0) is 21.8. The molecule has 0 spiro atoms. The Balaban J connectivity index is 1.56. The number of aromatic nitrogens is 2. The van der Waals surface area contributed by atoms with E-state index in [1.165, 1.54) is 19.0 Å². The van der Waals surface area contributed by atoms with Crippen molar-refractivity contribution in [1.29, 1.82) is 0 Å². The number of anilines is 1. The monoisotopic (exact) mass is 422 g/mol. The van der Waals surface area contributed by atoms with Gasteiger partial charge in [0, 0.05) is 31.0 Å². The first-order valence-corrected chi connectivity index (χ1v) is 11.0. The Morgan fingerprint density at radius 3 is 2.84 bits per heavy atom. The third-order valence-corrected chi connectivity index (χ3v) is 6.28. The van der Waals surface area contributed by atoms with Crippen molar-refractivity contribution in [3.05, 3.63) is 60.0 Å². The summed E-state index contributed by atoms with van der Waals surface area (Å²) in [6.45, 7) is 2.56. The average Bonchev–Trinajstić information content (AvgIpc) is 3.69. The quantitative estimate of drug-likeness (QED) is 0.513. The van der Waals surface area contributed by atoms with Crippen LogP contribution in [0.2, 0.25) is 0 Å². The van der Waals surface area contributed by atoms with E-state index in [2.05, 4.69) is 16.4 Å². The smallest absolute Gasteiger partial charge is 0.159 e. The third kappa shape index (κ3) is 5.31. The molecule has 0 radical (unpaired) electrons. The zero-order valence-corrected chi connectivity index (χ0v) is 18.3. The number of methoxy groups -OCH3 is 1. The molecule has 5 nitrogen and oxygen atoms in total. The van der Waals surface area contributed by atoms with E-state index in [-0.39, 0.29) is 11.4 Å². The second-order valence-corrected chi connectivity index (χ2v) is 8.67. The largest absolute Gasteiger partial charge is 0.405 e. The van der Waals surface area contributed by atoms with E-state index < -0.39 is 0 Å². The molecule has 2 fully saturated rings. The molecule has 0 atom stereocenters. The summed E-state index contributed by atoms with van der Waals surface area (Å²) in [5, 5.41) is 3.24. The second kappa shape index (κ2) is 9.18. The second-order valence-electron chi connectivity index (χ2n) is 8.67. The first kappa shape index (κ1) is 21.5. The number of nitrogens with zero attached hydrogens (tertiary/aromatic N) is 2. The number of hydrogen-bond donors (Lipinski definition) is 2. The van der Waals surface area contributed by atoms with Gasteiger partial charge in [0.15, 0.2) is 5.82 Å². The van der Waals surface area contributed by atoms with Crippen molar-refractivity contribution in [2.24, 2.45) is 11.7 Å². The van der Waals surface area contributed by atoms with Crippen LogP contribution in [0, 0.1) is 18.7 Å². The number of nitrogens with two attached hydrogens (primary N) is 1. The number of halogens is 1. The standard InChI is InChI=1S/C25H31FN4O/c1-17-15-21(26)23(28-14-11-25(31-2)9-10-25)16-20(17)22-8-13-29-24(30-22)19(7-12-27)6-5-18-3-4-18/h6-8,12-13,15-16,18,28H,3-5,9-11,14,27H2,1-2H3/b12-7-,19-6+. The van der Waals surface area contributed by atoms with Crippen molar-refractivity contribution < 1.29 is 9.13 Å². The molecule has 3 N–H and O–H groups in total. The van der Waals surface area contributed by atoms with Gasteiger partial charge >= 0.3 is 0 Å². The molecule has 2 aliphatic carbocycles. The highest BCUT2D eigenvalue weighted by atomic mass is 19.1. The van der Waals surface area contributed by atoms with Crippen LogP contribution in [0.4, 0.5) is 10.1 Å². The molecule has 1 aromatic carbocycles. The Morgan fingerprint density at radius 2 is 2.16 bits per heavy atom.